The largest absolute Gasteiger partial charge is 0.393 e. The summed E-state index contributed by atoms with van der Waals surface area (Å²) in [5.41, 5.74) is 0.485. The van der Waals surface area contributed by atoms with Crippen molar-refractivity contribution in [3.05, 3.63) is 53.6 Å². The molecule has 3 fully saturated rings. The Balaban J connectivity index is 1.35. The number of rotatable bonds is 3. The minimum Gasteiger partial charge on any atom is -0.393 e. The maximum absolute atomic E-state index is 13.1. The molecule has 5 unspecified atom stereocenters. The van der Waals surface area contributed by atoms with Crippen LogP contribution in [0, 0.1) is 36.0 Å². The lowest BCUT2D eigenvalue weighted by Crippen LogP contribution is -2.57. The van der Waals surface area contributed by atoms with Gasteiger partial charge in [0.05, 0.1) is 6.10 Å². The molecule has 1 aromatic rings. The van der Waals surface area contributed by atoms with Crippen LogP contribution in [-0.2, 0) is 9.59 Å². The first-order chi connectivity index (χ1) is 15.2. The number of hydrogen-bond donors (Lipinski definition) is 3. The summed E-state index contributed by atoms with van der Waals surface area (Å²) in [6, 6.07) is 7.89. The van der Waals surface area contributed by atoms with E-state index in [1.165, 1.54) is 11.9 Å². The molecule has 3 N–H and O–H groups in total. The van der Waals surface area contributed by atoms with E-state index in [-0.39, 0.29) is 40.8 Å². The van der Waals surface area contributed by atoms with E-state index in [1.54, 1.807) is 12.2 Å². The van der Waals surface area contributed by atoms with Crippen LogP contribution in [0.25, 0.3) is 0 Å². The Hall–Kier alpha value is -1.89. The van der Waals surface area contributed by atoms with Gasteiger partial charge in [0.2, 0.25) is 0 Å². The van der Waals surface area contributed by atoms with Gasteiger partial charge in [-0.2, -0.15) is 0 Å². The van der Waals surface area contributed by atoms with E-state index < -0.39 is 11.7 Å². The summed E-state index contributed by atoms with van der Waals surface area (Å²) in [6.07, 6.45) is 8.09. The number of aliphatic hydroxyl groups excluding tert-OH is 1. The van der Waals surface area contributed by atoms with Gasteiger partial charge in [-0.15, -0.1) is 0 Å². The lowest BCUT2D eigenvalue weighted by molar-refractivity contribution is -0.152. The van der Waals surface area contributed by atoms with Crippen molar-refractivity contribution in [2.45, 2.75) is 62.6 Å². The minimum absolute atomic E-state index is 0.0143. The lowest BCUT2D eigenvalue weighted by Gasteiger charge is -2.56. The second kappa shape index (κ2) is 7.86. The summed E-state index contributed by atoms with van der Waals surface area (Å²) < 4.78 is 2.87. The van der Waals surface area contributed by atoms with Gasteiger partial charge in [-0.25, -0.2) is 0 Å². The zero-order valence-electron chi connectivity index (χ0n) is 18.6. The molecule has 170 valence electrons. The molecule has 6 heteroatoms. The van der Waals surface area contributed by atoms with E-state index in [0.29, 0.717) is 12.8 Å². The highest BCUT2D eigenvalue weighted by molar-refractivity contribution is 7.98. The fourth-order valence-corrected chi connectivity index (χ4v) is 7.67. The molecule has 4 aliphatic rings. The van der Waals surface area contributed by atoms with Gasteiger partial charge in [-0.3, -0.25) is 14.3 Å². The number of fused-ring (bicyclic) bond motifs is 5. The number of benzene rings is 1. The summed E-state index contributed by atoms with van der Waals surface area (Å²) in [5, 5.41) is 22.8. The lowest BCUT2D eigenvalue weighted by atomic mass is 9.50. The molecule has 0 spiro atoms. The molecule has 0 aromatic heterocycles. The van der Waals surface area contributed by atoms with Crippen molar-refractivity contribution >= 4 is 23.6 Å². The number of amides is 1. The number of ketones is 1. The number of carbonyl (C=O) groups excluding carboxylic acids is 2. The number of allylic oxidation sites excluding steroid dienone is 4. The maximum atomic E-state index is 13.1. The summed E-state index contributed by atoms with van der Waals surface area (Å²) >= 11 is 1.23. The molecule has 4 aliphatic carbocycles. The molecule has 5 rings (SSSR count). The number of carbonyl (C=O) groups is 2. The van der Waals surface area contributed by atoms with Crippen LogP contribution in [-0.4, -0.2) is 33.6 Å². The van der Waals surface area contributed by atoms with Crippen molar-refractivity contribution in [3.8, 4) is 0 Å². The number of aryl methyl sites for hydroxylation is 1. The Morgan fingerprint density at radius 1 is 1.19 bits per heavy atom. The summed E-state index contributed by atoms with van der Waals surface area (Å²) in [6.45, 7) is 4.15. The Kier molecular flexibility index (Phi) is 5.38. The van der Waals surface area contributed by atoms with Crippen molar-refractivity contribution in [3.63, 3.8) is 0 Å². The van der Waals surface area contributed by atoms with Crippen molar-refractivity contribution in [1.29, 1.82) is 0 Å². The Morgan fingerprint density at radius 2 is 1.94 bits per heavy atom. The zero-order valence-corrected chi connectivity index (χ0v) is 19.4. The van der Waals surface area contributed by atoms with E-state index >= 15 is 0 Å². The zero-order chi connectivity index (χ0) is 22.7. The number of aliphatic hydroxyl groups is 2. The monoisotopic (exact) mass is 453 g/mol. The van der Waals surface area contributed by atoms with E-state index in [9.17, 15) is 19.8 Å². The second-order valence-corrected chi connectivity index (χ2v) is 11.2. The van der Waals surface area contributed by atoms with Crippen molar-refractivity contribution < 1.29 is 19.8 Å². The van der Waals surface area contributed by atoms with Gasteiger partial charge in [0, 0.05) is 22.1 Å². The molecular formula is C26H31NO4S. The fourth-order valence-electron chi connectivity index (χ4n) is 7.01. The molecular weight excluding hydrogens is 422 g/mol. The van der Waals surface area contributed by atoms with Crippen molar-refractivity contribution in [1.82, 2.24) is 4.72 Å². The van der Waals surface area contributed by atoms with Gasteiger partial charge in [-0.1, -0.05) is 36.3 Å². The van der Waals surface area contributed by atoms with E-state index in [2.05, 4.69) is 11.6 Å². The summed E-state index contributed by atoms with van der Waals surface area (Å²) in [4.78, 5) is 26.0. The molecule has 0 bridgehead atoms. The quantitative estimate of drug-likeness (QED) is 0.607. The third-order valence-electron chi connectivity index (χ3n) is 8.63. The molecule has 0 saturated heterocycles. The average Bonchev–Trinajstić information content (AvgIpc) is 3.11. The van der Waals surface area contributed by atoms with Gasteiger partial charge >= 0.3 is 0 Å². The van der Waals surface area contributed by atoms with Crippen LogP contribution >= 0.6 is 11.9 Å². The first kappa shape index (κ1) is 21.9. The Bertz CT molecular complexity index is 1000. The van der Waals surface area contributed by atoms with Crippen LogP contribution in [0.4, 0.5) is 0 Å². The summed E-state index contributed by atoms with van der Waals surface area (Å²) in [7, 11) is 0. The van der Waals surface area contributed by atoms with Gasteiger partial charge in [0.1, 0.15) is 5.60 Å². The molecule has 0 heterocycles. The molecule has 5 nitrogen and oxygen atoms in total. The summed E-state index contributed by atoms with van der Waals surface area (Å²) in [5.74, 6) is -0.131. The van der Waals surface area contributed by atoms with Crippen molar-refractivity contribution in [2.24, 2.45) is 29.1 Å². The van der Waals surface area contributed by atoms with Crippen LogP contribution in [0.15, 0.2) is 53.0 Å². The highest BCUT2D eigenvalue weighted by Gasteiger charge is 2.62. The first-order valence-electron chi connectivity index (χ1n) is 11.6. The molecule has 0 aliphatic heterocycles. The Labute approximate surface area is 193 Å². The van der Waals surface area contributed by atoms with E-state index in [0.717, 1.165) is 35.3 Å². The normalized spacial score (nSPS) is 40.2. The van der Waals surface area contributed by atoms with Crippen molar-refractivity contribution in [2.75, 3.05) is 0 Å². The van der Waals surface area contributed by atoms with Crippen LogP contribution < -0.4 is 4.72 Å². The van der Waals surface area contributed by atoms with Crippen LogP contribution in [0.3, 0.4) is 0 Å². The van der Waals surface area contributed by atoms with Crippen LogP contribution in [0.5, 0.6) is 0 Å². The van der Waals surface area contributed by atoms with Gasteiger partial charge in [-0.05, 0) is 87.1 Å². The molecule has 1 amide bonds. The molecule has 7 atom stereocenters. The third-order valence-corrected chi connectivity index (χ3v) is 9.42. The van der Waals surface area contributed by atoms with Gasteiger partial charge in [0.15, 0.2) is 5.78 Å². The molecule has 0 radical (unpaired) electrons. The standard InChI is InChI=1S/C26H31NO4S/c1-15-3-6-18(7-4-15)32-27-24(30)26(31)12-10-19-20-8-5-16-13-17(28)9-11-25(16,2)23(20)22(29)14-21(19)26/h3-4,6-7,9,11,13,19-23,29,31H,5,8,10,12,14H2,1-2H3,(H,27,30)/t19?,20?,21?,22-,23?,25?,26+/m0/s1. The average molecular weight is 454 g/mol. The predicted octanol–water partition coefficient (Wildman–Crippen LogP) is 3.74. The topological polar surface area (TPSA) is 86.6 Å². The van der Waals surface area contributed by atoms with Crippen LogP contribution in [0.2, 0.25) is 0 Å². The highest BCUT2D eigenvalue weighted by Crippen LogP contribution is 2.62. The molecule has 32 heavy (non-hydrogen) atoms. The smallest absolute Gasteiger partial charge is 0.262 e. The number of hydrogen-bond acceptors (Lipinski definition) is 5. The minimum atomic E-state index is -1.45. The maximum Gasteiger partial charge on any atom is 0.262 e. The van der Waals surface area contributed by atoms with Crippen LogP contribution in [0.1, 0.15) is 44.6 Å². The fraction of sp³-hybridized carbons (Fsp3) is 0.538. The van der Waals surface area contributed by atoms with E-state index in [1.807, 2.05) is 37.3 Å². The highest BCUT2D eigenvalue weighted by atomic mass is 32.2. The van der Waals surface area contributed by atoms with E-state index in [4.69, 9.17) is 0 Å². The second-order valence-electron chi connectivity index (χ2n) is 10.3. The molecule has 3 saturated carbocycles. The number of nitrogens with one attached hydrogen (secondary N) is 1. The van der Waals surface area contributed by atoms with Gasteiger partial charge in [0.25, 0.3) is 5.91 Å². The van der Waals surface area contributed by atoms with Gasteiger partial charge < -0.3 is 10.2 Å². The first-order valence-corrected chi connectivity index (χ1v) is 12.4. The molecule has 1 aromatic carbocycles. The third kappa shape index (κ3) is 3.39. The SMILES string of the molecule is Cc1ccc(SNC(=O)[C@@]2(O)CCC3C4CCC5=CC(=O)C=CC5(C)C4[C@@H](O)CC32)cc1. The predicted molar refractivity (Wildman–Crippen MR) is 124 cm³/mol. The Morgan fingerprint density at radius 3 is 2.69 bits per heavy atom.